The highest BCUT2D eigenvalue weighted by Gasteiger charge is 2.20. The fraction of sp³-hybridized carbons (Fsp3) is 0.350. The molecule has 0 radical (unpaired) electrons. The van der Waals surface area contributed by atoms with Crippen molar-refractivity contribution in [2.24, 2.45) is 0 Å². The second-order valence-corrected chi connectivity index (χ2v) is 6.98. The number of hydrogen-bond acceptors (Lipinski definition) is 8. The van der Waals surface area contributed by atoms with E-state index in [0.717, 1.165) is 34.4 Å². The summed E-state index contributed by atoms with van der Waals surface area (Å²) >= 11 is 1.45. The molecule has 28 heavy (non-hydrogen) atoms. The molecule has 1 aromatic carbocycles. The summed E-state index contributed by atoms with van der Waals surface area (Å²) in [5.74, 6) is -0.667. The van der Waals surface area contributed by atoms with Gasteiger partial charge in [0.25, 0.3) is 0 Å². The Morgan fingerprint density at radius 3 is 2.75 bits per heavy atom. The molecule has 8 heteroatoms. The van der Waals surface area contributed by atoms with Crippen LogP contribution in [-0.2, 0) is 19.0 Å². The average Bonchev–Trinajstić information content (AvgIpc) is 3.17. The van der Waals surface area contributed by atoms with E-state index in [1.54, 1.807) is 6.08 Å². The molecule has 0 spiro atoms. The number of anilines is 1. The molecule has 0 aliphatic carbocycles. The number of carbonyl (C=O) groups excluding carboxylic acids is 1. The number of aromatic nitrogens is 1. The first-order valence-electron chi connectivity index (χ1n) is 8.89. The van der Waals surface area contributed by atoms with Crippen molar-refractivity contribution in [3.8, 4) is 17.3 Å². The van der Waals surface area contributed by atoms with Gasteiger partial charge >= 0.3 is 5.97 Å². The molecule has 1 aromatic heterocycles. The van der Waals surface area contributed by atoms with Crippen molar-refractivity contribution >= 4 is 28.5 Å². The number of nitriles is 1. The van der Waals surface area contributed by atoms with Gasteiger partial charge in [-0.2, -0.15) is 5.26 Å². The lowest BCUT2D eigenvalue weighted by molar-refractivity contribution is -0.139. The number of nitrogens with zero attached hydrogens (tertiary/aromatic N) is 3. The Balaban J connectivity index is 1.94. The first-order valence-corrected chi connectivity index (χ1v) is 9.71. The molecular formula is C20H21N3O4S. The maximum atomic E-state index is 12.2. The largest absolute Gasteiger partial charge is 0.459 e. The highest BCUT2D eigenvalue weighted by atomic mass is 32.1. The number of benzene rings is 1. The maximum absolute atomic E-state index is 12.2. The van der Waals surface area contributed by atoms with E-state index in [-0.39, 0.29) is 18.8 Å². The fourth-order valence-corrected chi connectivity index (χ4v) is 3.76. The Kier molecular flexibility index (Phi) is 7.14. The minimum Gasteiger partial charge on any atom is -0.459 e. The number of methoxy groups -OCH3 is 1. The van der Waals surface area contributed by atoms with Crippen LogP contribution >= 0.6 is 11.3 Å². The van der Waals surface area contributed by atoms with E-state index in [4.69, 9.17) is 19.2 Å². The van der Waals surface area contributed by atoms with E-state index < -0.39 is 5.97 Å². The van der Waals surface area contributed by atoms with E-state index in [2.05, 4.69) is 4.90 Å². The topological polar surface area (TPSA) is 84.7 Å². The summed E-state index contributed by atoms with van der Waals surface area (Å²) in [5.41, 5.74) is 1.60. The molecule has 2 heterocycles. The fourth-order valence-electron chi connectivity index (χ4n) is 2.67. The lowest BCUT2D eigenvalue weighted by atomic mass is 10.1. The van der Waals surface area contributed by atoms with Crippen LogP contribution in [-0.4, -0.2) is 57.6 Å². The summed E-state index contributed by atoms with van der Waals surface area (Å²) in [4.78, 5) is 19.9. The number of carbonyl (C=O) groups is 1. The standard InChI is InChI=1S/C20H21N3O4S/c1-25-11-12-27-19(24)16(14-21)13-17-18(15-5-3-2-4-6-15)22-20(28-17)23-7-9-26-10-8-23/h2-6,13H,7-12H2,1H3/b16-13+. The predicted octanol–water partition coefficient (Wildman–Crippen LogP) is 2.74. The Labute approximate surface area is 167 Å². The predicted molar refractivity (Wildman–Crippen MR) is 107 cm³/mol. The van der Waals surface area contributed by atoms with Crippen LogP contribution in [0.3, 0.4) is 0 Å². The molecule has 1 aliphatic rings. The smallest absolute Gasteiger partial charge is 0.349 e. The zero-order valence-corrected chi connectivity index (χ0v) is 16.4. The van der Waals surface area contributed by atoms with Gasteiger partial charge in [0, 0.05) is 25.8 Å². The van der Waals surface area contributed by atoms with Crippen molar-refractivity contribution < 1.29 is 19.0 Å². The van der Waals surface area contributed by atoms with Gasteiger partial charge in [0.1, 0.15) is 18.2 Å². The van der Waals surface area contributed by atoms with Crippen LogP contribution in [0.5, 0.6) is 0 Å². The van der Waals surface area contributed by atoms with Gasteiger partial charge in [-0.3, -0.25) is 0 Å². The van der Waals surface area contributed by atoms with Crippen LogP contribution in [0.4, 0.5) is 5.13 Å². The van der Waals surface area contributed by atoms with Crippen LogP contribution in [0.25, 0.3) is 17.3 Å². The van der Waals surface area contributed by atoms with Gasteiger partial charge in [-0.05, 0) is 6.08 Å². The molecular weight excluding hydrogens is 378 g/mol. The molecule has 0 amide bonds. The van der Waals surface area contributed by atoms with Crippen molar-refractivity contribution in [3.05, 3.63) is 40.8 Å². The van der Waals surface area contributed by atoms with Gasteiger partial charge in [-0.25, -0.2) is 9.78 Å². The van der Waals surface area contributed by atoms with Crippen molar-refractivity contribution in [2.45, 2.75) is 0 Å². The molecule has 0 bridgehead atoms. The third kappa shape index (κ3) is 4.95. The zero-order valence-electron chi connectivity index (χ0n) is 15.6. The third-order valence-corrected chi connectivity index (χ3v) is 5.17. The van der Waals surface area contributed by atoms with Crippen molar-refractivity contribution in [1.29, 1.82) is 5.26 Å². The first-order chi connectivity index (χ1) is 13.7. The minimum absolute atomic E-state index is 0.0644. The molecule has 2 aromatic rings. The zero-order chi connectivity index (χ0) is 19.8. The molecule has 1 fully saturated rings. The number of esters is 1. The molecule has 0 atom stereocenters. The normalized spacial score (nSPS) is 14.6. The van der Waals surface area contributed by atoms with Gasteiger partial charge in [-0.15, -0.1) is 0 Å². The molecule has 3 rings (SSSR count). The van der Waals surface area contributed by atoms with E-state index in [0.29, 0.717) is 13.2 Å². The lowest BCUT2D eigenvalue weighted by Crippen LogP contribution is -2.36. The van der Waals surface area contributed by atoms with Gasteiger partial charge in [-0.1, -0.05) is 41.7 Å². The lowest BCUT2D eigenvalue weighted by Gasteiger charge is -2.26. The van der Waals surface area contributed by atoms with Crippen LogP contribution in [0, 0.1) is 11.3 Å². The monoisotopic (exact) mass is 399 g/mol. The Morgan fingerprint density at radius 1 is 1.32 bits per heavy atom. The maximum Gasteiger partial charge on any atom is 0.349 e. The highest BCUT2D eigenvalue weighted by molar-refractivity contribution is 7.17. The Morgan fingerprint density at radius 2 is 2.07 bits per heavy atom. The second-order valence-electron chi connectivity index (χ2n) is 5.97. The van der Waals surface area contributed by atoms with Gasteiger partial charge in [0.05, 0.1) is 30.4 Å². The second kappa shape index (κ2) is 9.99. The molecule has 0 N–H and O–H groups in total. The minimum atomic E-state index is -0.667. The van der Waals surface area contributed by atoms with Gasteiger partial charge in [0.2, 0.25) is 0 Å². The average molecular weight is 399 g/mol. The third-order valence-electron chi connectivity index (χ3n) is 4.11. The van der Waals surface area contributed by atoms with Gasteiger partial charge < -0.3 is 19.1 Å². The van der Waals surface area contributed by atoms with E-state index >= 15 is 0 Å². The Hall–Kier alpha value is -2.73. The molecule has 7 nitrogen and oxygen atoms in total. The highest BCUT2D eigenvalue weighted by Crippen LogP contribution is 2.35. The van der Waals surface area contributed by atoms with Crippen LogP contribution in [0.15, 0.2) is 35.9 Å². The number of morpholine rings is 1. The molecule has 0 unspecified atom stereocenters. The molecule has 1 aliphatic heterocycles. The summed E-state index contributed by atoms with van der Waals surface area (Å²) < 4.78 is 15.4. The molecule has 146 valence electrons. The Bertz CT molecular complexity index is 867. The summed E-state index contributed by atoms with van der Waals surface area (Å²) in [6, 6.07) is 11.6. The quantitative estimate of drug-likeness (QED) is 0.306. The van der Waals surface area contributed by atoms with E-state index in [1.165, 1.54) is 18.4 Å². The van der Waals surface area contributed by atoms with Crippen LogP contribution in [0.2, 0.25) is 0 Å². The number of ether oxygens (including phenoxy) is 3. The number of thiazole rings is 1. The van der Waals surface area contributed by atoms with Gasteiger partial charge in [0.15, 0.2) is 5.13 Å². The summed E-state index contributed by atoms with van der Waals surface area (Å²) in [6.45, 7) is 3.20. The van der Waals surface area contributed by atoms with Crippen molar-refractivity contribution in [2.75, 3.05) is 51.5 Å². The number of rotatable bonds is 7. The summed E-state index contributed by atoms with van der Waals surface area (Å²) in [5, 5.41) is 10.3. The van der Waals surface area contributed by atoms with E-state index in [9.17, 15) is 10.1 Å². The van der Waals surface area contributed by atoms with E-state index in [1.807, 2.05) is 36.4 Å². The summed E-state index contributed by atoms with van der Waals surface area (Å²) in [7, 11) is 1.52. The van der Waals surface area contributed by atoms with Crippen LogP contribution in [0.1, 0.15) is 4.88 Å². The number of hydrogen-bond donors (Lipinski definition) is 0. The van der Waals surface area contributed by atoms with Crippen LogP contribution < -0.4 is 4.90 Å². The van der Waals surface area contributed by atoms with Crippen molar-refractivity contribution in [1.82, 2.24) is 4.98 Å². The SMILES string of the molecule is COCCOC(=O)/C(C#N)=C/c1sc(N2CCOCC2)nc1-c1ccccc1. The first kappa shape index (κ1) is 20.0. The van der Waals surface area contributed by atoms with Crippen molar-refractivity contribution in [3.63, 3.8) is 0 Å². The molecule has 1 saturated heterocycles. The molecule has 0 saturated carbocycles. The summed E-state index contributed by atoms with van der Waals surface area (Å²) in [6.07, 6.45) is 1.55.